The fourth-order valence-corrected chi connectivity index (χ4v) is 4.32. The molecular weight excluding hydrogens is 372 g/mol. The lowest BCUT2D eigenvalue weighted by molar-refractivity contribution is 0.0749. The third kappa shape index (κ3) is 3.16. The number of amides is 1. The fraction of sp³-hybridized carbons (Fsp3) is 0.400. The second-order valence-electron chi connectivity index (χ2n) is 7.13. The standard InChI is InChI=1S/C20H20ClF2N3O/c1-25-19(13-9-15(21)17(23)10-16(13)22)14(11-24-25)20(27)26-8-4-6-12-5-2-3-7-18(12)26/h7,9-12H,2-6,8H2,1H3. The zero-order valence-electron chi connectivity index (χ0n) is 15.0. The Morgan fingerprint density at radius 2 is 2.00 bits per heavy atom. The highest BCUT2D eigenvalue weighted by atomic mass is 35.5. The molecule has 7 heteroatoms. The zero-order chi connectivity index (χ0) is 19.1. The Morgan fingerprint density at radius 1 is 1.22 bits per heavy atom. The number of aryl methyl sites for hydroxylation is 1. The summed E-state index contributed by atoms with van der Waals surface area (Å²) in [5, 5.41) is 3.96. The molecule has 2 heterocycles. The van der Waals surface area contributed by atoms with Crippen LogP contribution in [0.25, 0.3) is 11.3 Å². The maximum Gasteiger partial charge on any atom is 0.261 e. The summed E-state index contributed by atoms with van der Waals surface area (Å²) in [5.74, 6) is -1.40. The second kappa shape index (κ2) is 7.08. The van der Waals surface area contributed by atoms with E-state index in [1.54, 1.807) is 11.9 Å². The van der Waals surface area contributed by atoms with Gasteiger partial charge >= 0.3 is 0 Å². The monoisotopic (exact) mass is 391 g/mol. The minimum atomic E-state index is -0.834. The van der Waals surface area contributed by atoms with Crippen LogP contribution in [0.1, 0.15) is 42.5 Å². The first-order chi connectivity index (χ1) is 13.0. The van der Waals surface area contributed by atoms with Gasteiger partial charge in [0.05, 0.1) is 22.5 Å². The lowest BCUT2D eigenvalue weighted by atomic mass is 9.84. The van der Waals surface area contributed by atoms with E-state index in [4.69, 9.17) is 11.6 Å². The topological polar surface area (TPSA) is 38.1 Å². The summed E-state index contributed by atoms with van der Waals surface area (Å²) < 4.78 is 29.4. The van der Waals surface area contributed by atoms with Crippen molar-refractivity contribution in [2.24, 2.45) is 13.0 Å². The fourth-order valence-electron chi connectivity index (χ4n) is 4.16. The molecular formula is C20H20ClF2N3O. The van der Waals surface area contributed by atoms with Crippen LogP contribution in [0.4, 0.5) is 8.78 Å². The van der Waals surface area contributed by atoms with Crippen LogP contribution in [0, 0.1) is 17.6 Å². The van der Waals surface area contributed by atoms with Crippen LogP contribution in [0.5, 0.6) is 0 Å². The van der Waals surface area contributed by atoms with Crippen molar-refractivity contribution in [2.75, 3.05) is 6.54 Å². The van der Waals surface area contributed by atoms with Crippen molar-refractivity contribution in [3.8, 4) is 11.3 Å². The van der Waals surface area contributed by atoms with Gasteiger partial charge in [-0.2, -0.15) is 5.10 Å². The SMILES string of the molecule is Cn1ncc(C(=O)N2CCCC3CCCC=C32)c1-c1cc(Cl)c(F)cc1F. The highest BCUT2D eigenvalue weighted by Crippen LogP contribution is 2.37. The molecule has 1 aliphatic carbocycles. The molecule has 0 saturated carbocycles. The summed E-state index contributed by atoms with van der Waals surface area (Å²) in [4.78, 5) is 15.1. The molecule has 142 valence electrons. The molecule has 1 aromatic carbocycles. The predicted octanol–water partition coefficient (Wildman–Crippen LogP) is 4.94. The number of carbonyl (C=O) groups is 1. The number of likely N-dealkylation sites (tertiary alicyclic amines) is 1. The van der Waals surface area contributed by atoms with Gasteiger partial charge in [0.2, 0.25) is 0 Å². The number of hydrogen-bond donors (Lipinski definition) is 0. The molecule has 27 heavy (non-hydrogen) atoms. The minimum absolute atomic E-state index is 0.0657. The van der Waals surface area contributed by atoms with Gasteiger partial charge in [0.15, 0.2) is 0 Å². The molecule has 0 spiro atoms. The van der Waals surface area contributed by atoms with Crippen LogP contribution in [-0.4, -0.2) is 27.1 Å². The molecule has 4 rings (SSSR count). The van der Waals surface area contributed by atoms with E-state index < -0.39 is 11.6 Å². The molecule has 2 aliphatic rings. The quantitative estimate of drug-likeness (QED) is 0.680. The molecule has 1 unspecified atom stereocenters. The van der Waals surface area contributed by atoms with E-state index >= 15 is 0 Å². The van der Waals surface area contributed by atoms with Crippen molar-refractivity contribution in [1.82, 2.24) is 14.7 Å². The van der Waals surface area contributed by atoms with E-state index in [-0.39, 0.29) is 16.5 Å². The van der Waals surface area contributed by atoms with Crippen LogP contribution < -0.4 is 0 Å². The number of hydrogen-bond acceptors (Lipinski definition) is 2. The first-order valence-electron chi connectivity index (χ1n) is 9.16. The molecule has 0 radical (unpaired) electrons. The van der Waals surface area contributed by atoms with Crippen LogP contribution >= 0.6 is 11.6 Å². The molecule has 2 aromatic rings. The Morgan fingerprint density at radius 3 is 2.81 bits per heavy atom. The maximum atomic E-state index is 14.5. The number of allylic oxidation sites excluding steroid dienone is 2. The summed E-state index contributed by atoms with van der Waals surface area (Å²) in [7, 11) is 1.63. The Balaban J connectivity index is 1.77. The van der Waals surface area contributed by atoms with Crippen LogP contribution in [0.2, 0.25) is 5.02 Å². The number of halogens is 3. The van der Waals surface area contributed by atoms with Gasteiger partial charge in [0.1, 0.15) is 11.6 Å². The molecule has 4 nitrogen and oxygen atoms in total. The molecule has 1 saturated heterocycles. The van der Waals surface area contributed by atoms with Gasteiger partial charge in [-0.05, 0) is 44.1 Å². The molecule has 1 fully saturated rings. The summed E-state index contributed by atoms with van der Waals surface area (Å²) >= 11 is 5.85. The number of fused-ring (bicyclic) bond motifs is 1. The lowest BCUT2D eigenvalue weighted by Crippen LogP contribution is -2.39. The van der Waals surface area contributed by atoms with E-state index in [0.717, 1.165) is 43.9 Å². The molecule has 0 N–H and O–H groups in total. The Labute approximate surface area is 161 Å². The van der Waals surface area contributed by atoms with Crippen molar-refractivity contribution in [1.29, 1.82) is 0 Å². The van der Waals surface area contributed by atoms with E-state index in [9.17, 15) is 13.6 Å². The van der Waals surface area contributed by atoms with E-state index in [1.165, 1.54) is 16.9 Å². The minimum Gasteiger partial charge on any atom is -0.312 e. The number of aromatic nitrogens is 2. The average Bonchev–Trinajstić information content (AvgIpc) is 3.05. The van der Waals surface area contributed by atoms with E-state index in [1.807, 2.05) is 0 Å². The van der Waals surface area contributed by atoms with Crippen molar-refractivity contribution >= 4 is 17.5 Å². The van der Waals surface area contributed by atoms with Crippen molar-refractivity contribution in [3.05, 3.63) is 52.3 Å². The Hall–Kier alpha value is -2.21. The molecule has 1 aliphatic heterocycles. The first-order valence-corrected chi connectivity index (χ1v) is 9.54. The summed E-state index contributed by atoms with van der Waals surface area (Å²) in [5.41, 5.74) is 1.74. The van der Waals surface area contributed by atoms with Gasteiger partial charge < -0.3 is 4.90 Å². The third-order valence-electron chi connectivity index (χ3n) is 5.45. The van der Waals surface area contributed by atoms with Crippen LogP contribution in [0.3, 0.4) is 0 Å². The molecule has 1 aromatic heterocycles. The van der Waals surface area contributed by atoms with E-state index in [0.29, 0.717) is 23.7 Å². The zero-order valence-corrected chi connectivity index (χ0v) is 15.8. The van der Waals surface area contributed by atoms with Gasteiger partial charge in [-0.3, -0.25) is 9.48 Å². The van der Waals surface area contributed by atoms with E-state index in [2.05, 4.69) is 11.2 Å². The first kappa shape index (κ1) is 18.2. The van der Waals surface area contributed by atoms with Crippen LogP contribution in [-0.2, 0) is 7.05 Å². The maximum absolute atomic E-state index is 14.5. The number of rotatable bonds is 2. The van der Waals surface area contributed by atoms with Crippen LogP contribution in [0.15, 0.2) is 30.1 Å². The number of nitrogens with zero attached hydrogens (tertiary/aromatic N) is 3. The number of carbonyl (C=O) groups excluding carboxylic acids is 1. The summed E-state index contributed by atoms with van der Waals surface area (Å²) in [6, 6.07) is 1.94. The number of benzene rings is 1. The van der Waals surface area contributed by atoms with Crippen molar-refractivity contribution < 1.29 is 13.6 Å². The lowest BCUT2D eigenvalue weighted by Gasteiger charge is -2.38. The van der Waals surface area contributed by atoms with Crippen molar-refractivity contribution in [3.63, 3.8) is 0 Å². The summed E-state index contributed by atoms with van der Waals surface area (Å²) in [6.07, 6.45) is 8.85. The highest BCUT2D eigenvalue weighted by Gasteiger charge is 2.33. The van der Waals surface area contributed by atoms with Gasteiger partial charge in [-0.25, -0.2) is 8.78 Å². The summed E-state index contributed by atoms with van der Waals surface area (Å²) in [6.45, 7) is 0.641. The Kier molecular flexibility index (Phi) is 4.76. The third-order valence-corrected chi connectivity index (χ3v) is 5.74. The molecule has 0 bridgehead atoms. The van der Waals surface area contributed by atoms with Gasteiger partial charge in [0, 0.05) is 30.9 Å². The van der Waals surface area contributed by atoms with Gasteiger partial charge in [-0.1, -0.05) is 17.7 Å². The predicted molar refractivity (Wildman–Crippen MR) is 99.3 cm³/mol. The van der Waals surface area contributed by atoms with Gasteiger partial charge in [-0.15, -0.1) is 0 Å². The normalized spacial score (nSPS) is 19.6. The Bertz CT molecular complexity index is 938. The second-order valence-corrected chi connectivity index (χ2v) is 7.54. The molecule has 1 amide bonds. The van der Waals surface area contributed by atoms with Gasteiger partial charge in [0.25, 0.3) is 5.91 Å². The molecule has 1 atom stereocenters. The number of piperidine rings is 1. The largest absolute Gasteiger partial charge is 0.312 e. The smallest absolute Gasteiger partial charge is 0.261 e. The van der Waals surface area contributed by atoms with Crippen molar-refractivity contribution in [2.45, 2.75) is 32.1 Å². The average molecular weight is 392 g/mol. The highest BCUT2D eigenvalue weighted by molar-refractivity contribution is 6.31.